The number of carbonyl (C=O) groups is 1. The highest BCUT2D eigenvalue weighted by molar-refractivity contribution is 5.87. The number of hydrogen-bond acceptors (Lipinski definition) is 3. The minimum absolute atomic E-state index is 0.260. The van der Waals surface area contributed by atoms with E-state index in [0.29, 0.717) is 12.8 Å². The first-order chi connectivity index (χ1) is 9.05. The molecule has 0 aliphatic carbocycles. The van der Waals surface area contributed by atoms with Gasteiger partial charge in [0.25, 0.3) is 0 Å². The van der Waals surface area contributed by atoms with E-state index in [1.807, 2.05) is 0 Å². The second kappa shape index (κ2) is 5.72. The molecule has 104 valence electrons. The van der Waals surface area contributed by atoms with E-state index >= 15 is 0 Å². The fourth-order valence-corrected chi connectivity index (χ4v) is 2.67. The van der Waals surface area contributed by atoms with Crippen LogP contribution in [0.15, 0.2) is 24.3 Å². The van der Waals surface area contributed by atoms with Gasteiger partial charge in [-0.3, -0.25) is 0 Å². The van der Waals surface area contributed by atoms with Gasteiger partial charge >= 0.3 is 5.97 Å². The van der Waals surface area contributed by atoms with Gasteiger partial charge in [-0.1, -0.05) is 19.1 Å². The fraction of sp³-hybridized carbons (Fsp3) is 0.533. The van der Waals surface area contributed by atoms with E-state index in [-0.39, 0.29) is 5.56 Å². The Morgan fingerprint density at radius 3 is 2.32 bits per heavy atom. The van der Waals surface area contributed by atoms with Gasteiger partial charge in [0, 0.05) is 13.1 Å². The van der Waals surface area contributed by atoms with Gasteiger partial charge in [0.2, 0.25) is 0 Å². The Hall–Kier alpha value is -1.39. The Labute approximate surface area is 113 Å². The van der Waals surface area contributed by atoms with Crippen molar-refractivity contribution in [2.75, 3.05) is 19.6 Å². The molecule has 19 heavy (non-hydrogen) atoms. The number of carboxylic acid groups (broad SMARTS) is 1. The van der Waals surface area contributed by atoms with Crippen LogP contribution in [0.25, 0.3) is 0 Å². The molecule has 1 aliphatic rings. The number of likely N-dealkylation sites (tertiary alicyclic amines) is 1. The summed E-state index contributed by atoms with van der Waals surface area (Å²) < 4.78 is 0. The Morgan fingerprint density at radius 1 is 1.26 bits per heavy atom. The summed E-state index contributed by atoms with van der Waals surface area (Å²) in [6.45, 7) is 5.02. The van der Waals surface area contributed by atoms with Crippen LogP contribution in [0, 0.1) is 0 Å². The van der Waals surface area contributed by atoms with E-state index in [1.54, 1.807) is 24.3 Å². The van der Waals surface area contributed by atoms with Crippen molar-refractivity contribution in [3.05, 3.63) is 35.4 Å². The molecule has 0 spiro atoms. The van der Waals surface area contributed by atoms with Crippen molar-refractivity contribution in [3.8, 4) is 0 Å². The van der Waals surface area contributed by atoms with Crippen LogP contribution in [0.5, 0.6) is 0 Å². The molecule has 0 amide bonds. The number of benzene rings is 1. The highest BCUT2D eigenvalue weighted by atomic mass is 16.4. The van der Waals surface area contributed by atoms with Gasteiger partial charge in [-0.15, -0.1) is 0 Å². The largest absolute Gasteiger partial charge is 0.478 e. The van der Waals surface area contributed by atoms with Gasteiger partial charge in [-0.25, -0.2) is 4.79 Å². The van der Waals surface area contributed by atoms with Crippen LogP contribution in [-0.4, -0.2) is 40.7 Å². The van der Waals surface area contributed by atoms with Crippen LogP contribution in [0.4, 0.5) is 0 Å². The summed E-state index contributed by atoms with van der Waals surface area (Å²) in [5.74, 6) is -0.934. The minimum atomic E-state index is -0.934. The molecular formula is C15H21NO3. The summed E-state index contributed by atoms with van der Waals surface area (Å²) >= 11 is 0. The Morgan fingerprint density at radius 2 is 1.84 bits per heavy atom. The molecule has 0 saturated carbocycles. The van der Waals surface area contributed by atoms with Gasteiger partial charge < -0.3 is 15.1 Å². The zero-order valence-corrected chi connectivity index (χ0v) is 11.3. The number of carboxylic acids is 1. The number of nitrogens with zero attached hydrogens (tertiary/aromatic N) is 1. The smallest absolute Gasteiger partial charge is 0.335 e. The zero-order valence-electron chi connectivity index (χ0n) is 11.3. The van der Waals surface area contributed by atoms with Gasteiger partial charge in [0.1, 0.15) is 0 Å². The molecule has 1 aliphatic heterocycles. The third-order valence-electron chi connectivity index (χ3n) is 3.89. The first-order valence-corrected chi connectivity index (χ1v) is 6.84. The number of aromatic carboxylic acids is 1. The van der Waals surface area contributed by atoms with Crippen molar-refractivity contribution >= 4 is 5.97 Å². The predicted octanol–water partition coefficient (Wildman–Crippen LogP) is 2.08. The van der Waals surface area contributed by atoms with Crippen molar-refractivity contribution in [3.63, 3.8) is 0 Å². The Balaban J connectivity index is 2.07. The lowest BCUT2D eigenvalue weighted by Gasteiger charge is -2.38. The number of aliphatic hydroxyl groups is 1. The fourth-order valence-electron chi connectivity index (χ4n) is 2.67. The third kappa shape index (κ3) is 3.14. The first-order valence-electron chi connectivity index (χ1n) is 6.84. The average molecular weight is 263 g/mol. The zero-order chi connectivity index (χ0) is 13.9. The first kappa shape index (κ1) is 14.0. The number of hydrogen-bond donors (Lipinski definition) is 2. The van der Waals surface area contributed by atoms with Crippen LogP contribution in [0.1, 0.15) is 42.1 Å². The van der Waals surface area contributed by atoms with Gasteiger partial charge in [-0.2, -0.15) is 0 Å². The molecule has 1 heterocycles. The number of rotatable bonds is 4. The van der Waals surface area contributed by atoms with Crippen molar-refractivity contribution in [2.45, 2.75) is 31.8 Å². The van der Waals surface area contributed by atoms with Crippen molar-refractivity contribution < 1.29 is 15.0 Å². The number of piperidine rings is 1. The molecule has 0 atom stereocenters. The molecule has 2 N–H and O–H groups in total. The minimum Gasteiger partial charge on any atom is -0.478 e. The molecular weight excluding hydrogens is 242 g/mol. The van der Waals surface area contributed by atoms with Crippen LogP contribution in [0.2, 0.25) is 0 Å². The molecule has 1 fully saturated rings. The molecule has 1 saturated heterocycles. The molecule has 0 unspecified atom stereocenters. The molecule has 0 radical (unpaired) electrons. The molecule has 2 rings (SSSR count). The maximum Gasteiger partial charge on any atom is 0.335 e. The molecule has 0 aromatic heterocycles. The monoisotopic (exact) mass is 263 g/mol. The quantitative estimate of drug-likeness (QED) is 0.873. The van der Waals surface area contributed by atoms with Gasteiger partial charge in [0.05, 0.1) is 11.2 Å². The summed E-state index contributed by atoms with van der Waals surface area (Å²) in [6, 6.07) is 6.60. The summed E-state index contributed by atoms with van der Waals surface area (Å²) in [5.41, 5.74) is 0.283. The Bertz CT molecular complexity index is 433. The van der Waals surface area contributed by atoms with E-state index in [2.05, 4.69) is 11.8 Å². The van der Waals surface area contributed by atoms with Crippen LogP contribution in [-0.2, 0) is 5.60 Å². The molecule has 0 bridgehead atoms. The van der Waals surface area contributed by atoms with Crippen LogP contribution < -0.4 is 0 Å². The second-order valence-corrected chi connectivity index (χ2v) is 5.26. The SMILES string of the molecule is CCCN1CCC(O)(c2ccc(C(=O)O)cc2)CC1. The van der Waals surface area contributed by atoms with E-state index < -0.39 is 11.6 Å². The third-order valence-corrected chi connectivity index (χ3v) is 3.89. The highest BCUT2D eigenvalue weighted by Crippen LogP contribution is 2.32. The maximum atomic E-state index is 10.8. The standard InChI is InChI=1S/C15H21NO3/c1-2-9-16-10-7-15(19,8-11-16)13-5-3-12(4-6-13)14(17)18/h3-6,19H,2,7-11H2,1H3,(H,17,18). The summed E-state index contributed by atoms with van der Waals surface area (Å²) in [5, 5.41) is 19.6. The molecule has 4 nitrogen and oxygen atoms in total. The molecule has 1 aromatic carbocycles. The Kier molecular flexibility index (Phi) is 4.22. The van der Waals surface area contributed by atoms with Crippen molar-refractivity contribution in [2.24, 2.45) is 0 Å². The average Bonchev–Trinajstić information content (AvgIpc) is 2.42. The lowest BCUT2D eigenvalue weighted by molar-refractivity contribution is -0.0258. The molecule has 1 aromatic rings. The van der Waals surface area contributed by atoms with Gasteiger partial charge in [-0.05, 0) is 43.5 Å². The predicted molar refractivity (Wildman–Crippen MR) is 73.3 cm³/mol. The van der Waals surface area contributed by atoms with Crippen LogP contribution >= 0.6 is 0 Å². The summed E-state index contributed by atoms with van der Waals surface area (Å²) in [7, 11) is 0. The normalized spacial score (nSPS) is 19.3. The maximum absolute atomic E-state index is 10.8. The van der Waals surface area contributed by atoms with E-state index in [1.165, 1.54) is 0 Å². The summed E-state index contributed by atoms with van der Waals surface area (Å²) in [6.07, 6.45) is 2.55. The summed E-state index contributed by atoms with van der Waals surface area (Å²) in [4.78, 5) is 13.2. The molecule has 4 heteroatoms. The van der Waals surface area contributed by atoms with E-state index in [4.69, 9.17) is 5.11 Å². The topological polar surface area (TPSA) is 60.8 Å². The van der Waals surface area contributed by atoms with Gasteiger partial charge in [0.15, 0.2) is 0 Å². The lowest BCUT2D eigenvalue weighted by Crippen LogP contribution is -2.42. The highest BCUT2D eigenvalue weighted by Gasteiger charge is 2.33. The second-order valence-electron chi connectivity index (χ2n) is 5.26. The lowest BCUT2D eigenvalue weighted by atomic mass is 9.84. The van der Waals surface area contributed by atoms with Crippen molar-refractivity contribution in [1.29, 1.82) is 0 Å². The van der Waals surface area contributed by atoms with Crippen LogP contribution in [0.3, 0.4) is 0 Å². The van der Waals surface area contributed by atoms with E-state index in [9.17, 15) is 9.90 Å². The van der Waals surface area contributed by atoms with Crippen molar-refractivity contribution in [1.82, 2.24) is 4.90 Å². The van der Waals surface area contributed by atoms with E-state index in [0.717, 1.165) is 31.6 Å².